The summed E-state index contributed by atoms with van der Waals surface area (Å²) in [4.78, 5) is 30.6. The van der Waals surface area contributed by atoms with Crippen molar-refractivity contribution in [3.63, 3.8) is 0 Å². The van der Waals surface area contributed by atoms with Crippen LogP contribution in [-0.2, 0) is 9.53 Å². The Balaban J connectivity index is 1.64. The Kier molecular flexibility index (Phi) is 6.79. The van der Waals surface area contributed by atoms with Crippen molar-refractivity contribution in [3.8, 4) is 5.75 Å². The third kappa shape index (κ3) is 4.86. The summed E-state index contributed by atoms with van der Waals surface area (Å²) < 4.78 is 12.0. The maximum atomic E-state index is 13.5. The summed E-state index contributed by atoms with van der Waals surface area (Å²) in [5.41, 5.74) is 0.480. The quantitative estimate of drug-likeness (QED) is 0.690. The summed E-state index contributed by atoms with van der Waals surface area (Å²) in [6.45, 7) is 6.48. The lowest BCUT2D eigenvalue weighted by molar-refractivity contribution is -0.135. The van der Waals surface area contributed by atoms with Gasteiger partial charge in [-0.15, -0.1) is 0 Å². The summed E-state index contributed by atoms with van der Waals surface area (Å²) in [6.07, 6.45) is 0.940. The topological polar surface area (TPSA) is 91.3 Å². The molecule has 2 bridgehead atoms. The Morgan fingerprint density at radius 2 is 1.94 bits per heavy atom. The molecule has 0 aromatic heterocycles. The molecule has 0 radical (unpaired) electrons. The number of nitrogens with zero attached hydrogens (tertiary/aromatic N) is 2. The van der Waals surface area contributed by atoms with Crippen LogP contribution < -0.4 is 10.1 Å². The molecule has 3 aliphatic heterocycles. The molecule has 8 heteroatoms. The van der Waals surface area contributed by atoms with E-state index in [9.17, 15) is 14.7 Å². The fourth-order valence-corrected chi connectivity index (χ4v) is 4.63. The third-order valence-corrected chi connectivity index (χ3v) is 6.58. The van der Waals surface area contributed by atoms with E-state index in [1.54, 1.807) is 17.0 Å². The predicted octanol–water partition coefficient (Wildman–Crippen LogP) is 1.03. The molecule has 0 aliphatic carbocycles. The second-order valence-corrected chi connectivity index (χ2v) is 8.92. The summed E-state index contributed by atoms with van der Waals surface area (Å²) in [6, 6.07) is 6.89. The van der Waals surface area contributed by atoms with E-state index in [1.807, 2.05) is 12.1 Å². The molecular weight excluding hydrogens is 398 g/mol. The minimum absolute atomic E-state index is 0.0429. The molecule has 8 nitrogen and oxygen atoms in total. The SMILES string of the molecule is CC(C)N1CCN2C(=O)c3ccccc3OCC[C@@H]3CC[C@H](O)[C@@H](CNC(=O)[C@@H]2C1)O3. The number of nitrogens with one attached hydrogen (secondary N) is 1. The first-order chi connectivity index (χ1) is 14.9. The highest BCUT2D eigenvalue weighted by atomic mass is 16.5. The second kappa shape index (κ2) is 9.54. The number of rotatable bonds is 1. The van der Waals surface area contributed by atoms with Gasteiger partial charge in [-0.3, -0.25) is 14.5 Å². The molecule has 4 rings (SSSR count). The third-order valence-electron chi connectivity index (χ3n) is 6.58. The molecule has 0 unspecified atom stereocenters. The van der Waals surface area contributed by atoms with Crippen molar-refractivity contribution in [3.05, 3.63) is 29.8 Å². The lowest BCUT2D eigenvalue weighted by Gasteiger charge is -2.42. The van der Waals surface area contributed by atoms with E-state index in [0.717, 1.165) is 6.42 Å². The second-order valence-electron chi connectivity index (χ2n) is 8.92. The van der Waals surface area contributed by atoms with Crippen molar-refractivity contribution in [1.82, 2.24) is 15.1 Å². The zero-order chi connectivity index (χ0) is 22.0. The maximum absolute atomic E-state index is 13.5. The van der Waals surface area contributed by atoms with Gasteiger partial charge in [-0.2, -0.15) is 0 Å². The van der Waals surface area contributed by atoms with Crippen LogP contribution in [0.3, 0.4) is 0 Å². The first-order valence-electron chi connectivity index (χ1n) is 11.3. The Morgan fingerprint density at radius 3 is 2.74 bits per heavy atom. The van der Waals surface area contributed by atoms with Gasteiger partial charge in [0.1, 0.15) is 17.9 Å². The molecule has 2 fully saturated rings. The zero-order valence-corrected chi connectivity index (χ0v) is 18.3. The van der Waals surface area contributed by atoms with E-state index in [-0.39, 0.29) is 30.5 Å². The minimum Gasteiger partial charge on any atom is -0.493 e. The lowest BCUT2D eigenvalue weighted by atomic mass is 9.99. The first kappa shape index (κ1) is 22.0. The van der Waals surface area contributed by atoms with Crippen molar-refractivity contribution < 1.29 is 24.2 Å². The first-order valence-corrected chi connectivity index (χ1v) is 11.3. The molecule has 31 heavy (non-hydrogen) atoms. The van der Waals surface area contributed by atoms with Crippen molar-refractivity contribution in [2.45, 2.75) is 63.5 Å². The molecule has 4 atom stereocenters. The predicted molar refractivity (Wildman–Crippen MR) is 115 cm³/mol. The van der Waals surface area contributed by atoms with Gasteiger partial charge >= 0.3 is 0 Å². The molecule has 0 saturated carbocycles. The molecule has 3 aliphatic rings. The van der Waals surface area contributed by atoms with Gasteiger partial charge in [-0.25, -0.2) is 0 Å². The number of hydrogen-bond acceptors (Lipinski definition) is 6. The van der Waals surface area contributed by atoms with E-state index < -0.39 is 18.2 Å². The van der Waals surface area contributed by atoms with Crippen molar-refractivity contribution in [2.75, 3.05) is 32.8 Å². The number of carbonyl (C=O) groups excluding carboxylic acids is 2. The molecule has 170 valence electrons. The molecule has 2 saturated heterocycles. The van der Waals surface area contributed by atoms with Gasteiger partial charge in [0.15, 0.2) is 0 Å². The molecular formula is C23H33N3O5. The molecule has 1 aromatic rings. The molecule has 2 N–H and O–H groups in total. The van der Waals surface area contributed by atoms with Gasteiger partial charge in [-0.1, -0.05) is 12.1 Å². The van der Waals surface area contributed by atoms with Gasteiger partial charge in [0.2, 0.25) is 5.91 Å². The summed E-state index contributed by atoms with van der Waals surface area (Å²) in [7, 11) is 0. The number of para-hydroxylation sites is 1. The van der Waals surface area contributed by atoms with E-state index in [1.165, 1.54) is 0 Å². The van der Waals surface area contributed by atoms with Crippen molar-refractivity contribution in [1.29, 1.82) is 0 Å². The minimum atomic E-state index is -0.615. The number of aliphatic hydroxyl groups excluding tert-OH is 1. The molecule has 2 amide bonds. The standard InChI is InChI=1S/C23H33N3O5/c1-15(2)25-10-11-26-18(14-25)22(28)24-13-21-19(27)8-7-16(31-21)9-12-30-20-6-4-3-5-17(20)23(26)29/h3-6,15-16,18-19,21,27H,7-14H2,1-2H3,(H,24,28)/t16-,18-,19-,21+/m0/s1. The number of ether oxygens (including phenoxy) is 2. The van der Waals surface area contributed by atoms with E-state index >= 15 is 0 Å². The Bertz CT molecular complexity index is 801. The summed E-state index contributed by atoms with van der Waals surface area (Å²) in [5.74, 6) is 0.127. The van der Waals surface area contributed by atoms with E-state index in [2.05, 4.69) is 24.1 Å². The van der Waals surface area contributed by atoms with Crippen LogP contribution in [0.25, 0.3) is 0 Å². The average molecular weight is 432 g/mol. The van der Waals surface area contributed by atoms with Crippen molar-refractivity contribution >= 4 is 11.8 Å². The number of amides is 2. The largest absolute Gasteiger partial charge is 0.493 e. The summed E-state index contributed by atoms with van der Waals surface area (Å²) in [5, 5.41) is 13.3. The van der Waals surface area contributed by atoms with E-state index in [0.29, 0.717) is 50.4 Å². The number of hydrogen-bond donors (Lipinski definition) is 2. The average Bonchev–Trinajstić information content (AvgIpc) is 2.78. The molecule has 3 heterocycles. The van der Waals surface area contributed by atoms with Crippen LogP contribution in [0, 0.1) is 0 Å². The Labute approximate surface area is 183 Å². The van der Waals surface area contributed by atoms with Crippen LogP contribution in [0.1, 0.15) is 43.5 Å². The number of piperazine rings is 1. The number of aliphatic hydroxyl groups is 1. The molecule has 0 spiro atoms. The normalized spacial score (nSPS) is 30.6. The van der Waals surface area contributed by atoms with Gasteiger partial charge in [0, 0.05) is 38.6 Å². The zero-order valence-electron chi connectivity index (χ0n) is 18.3. The Hall–Kier alpha value is -2.16. The fraction of sp³-hybridized carbons (Fsp3) is 0.652. The number of fused-ring (bicyclic) bond motifs is 4. The smallest absolute Gasteiger partial charge is 0.258 e. The highest BCUT2D eigenvalue weighted by Gasteiger charge is 2.38. The van der Waals surface area contributed by atoms with Crippen LogP contribution in [0.2, 0.25) is 0 Å². The van der Waals surface area contributed by atoms with Crippen LogP contribution in [0.4, 0.5) is 0 Å². The van der Waals surface area contributed by atoms with Gasteiger partial charge in [0.25, 0.3) is 5.91 Å². The van der Waals surface area contributed by atoms with Gasteiger partial charge in [0.05, 0.1) is 24.4 Å². The number of carbonyl (C=O) groups is 2. The lowest BCUT2D eigenvalue weighted by Crippen LogP contribution is -2.62. The maximum Gasteiger partial charge on any atom is 0.258 e. The van der Waals surface area contributed by atoms with Crippen LogP contribution in [-0.4, -0.2) is 89.9 Å². The van der Waals surface area contributed by atoms with E-state index in [4.69, 9.17) is 9.47 Å². The highest BCUT2D eigenvalue weighted by molar-refractivity contribution is 6.00. The number of benzene rings is 1. The monoisotopic (exact) mass is 431 g/mol. The van der Waals surface area contributed by atoms with Crippen LogP contribution in [0.5, 0.6) is 5.75 Å². The molecule has 1 aromatic carbocycles. The summed E-state index contributed by atoms with van der Waals surface area (Å²) >= 11 is 0. The van der Waals surface area contributed by atoms with Crippen LogP contribution >= 0.6 is 0 Å². The fourth-order valence-electron chi connectivity index (χ4n) is 4.63. The van der Waals surface area contributed by atoms with Gasteiger partial charge < -0.3 is 24.8 Å². The van der Waals surface area contributed by atoms with Crippen molar-refractivity contribution in [2.24, 2.45) is 0 Å². The Morgan fingerprint density at radius 1 is 1.13 bits per heavy atom. The van der Waals surface area contributed by atoms with Crippen LogP contribution in [0.15, 0.2) is 24.3 Å². The highest BCUT2D eigenvalue weighted by Crippen LogP contribution is 2.26. The van der Waals surface area contributed by atoms with Gasteiger partial charge in [-0.05, 0) is 38.8 Å².